The van der Waals surface area contributed by atoms with Gasteiger partial charge in [-0.3, -0.25) is 14.4 Å². The summed E-state index contributed by atoms with van der Waals surface area (Å²) >= 11 is 1.42. The van der Waals surface area contributed by atoms with E-state index in [9.17, 15) is 18.8 Å². The quantitative estimate of drug-likeness (QED) is 0.612. The maximum Gasteiger partial charge on any atom is 0.243 e. The summed E-state index contributed by atoms with van der Waals surface area (Å²) < 4.78 is 12.9. The molecule has 1 heterocycles. The van der Waals surface area contributed by atoms with Gasteiger partial charge in [0.1, 0.15) is 11.9 Å². The molecule has 0 aromatic heterocycles. The van der Waals surface area contributed by atoms with Gasteiger partial charge in [-0.1, -0.05) is 26.0 Å². The van der Waals surface area contributed by atoms with Crippen LogP contribution in [0.1, 0.15) is 19.4 Å². The molecular weight excluding hydrogens is 357 g/mol. The molecule has 0 bridgehead atoms. The fraction of sp³-hybridized carbons (Fsp3) is 0.500. The first kappa shape index (κ1) is 20.2. The summed E-state index contributed by atoms with van der Waals surface area (Å²) in [7, 11) is 0. The molecular formula is C18H24FN3O3S. The summed E-state index contributed by atoms with van der Waals surface area (Å²) in [4.78, 5) is 35.8. The molecule has 0 spiro atoms. The van der Waals surface area contributed by atoms with Crippen molar-refractivity contribution in [3.63, 3.8) is 0 Å². The van der Waals surface area contributed by atoms with E-state index in [4.69, 9.17) is 0 Å². The van der Waals surface area contributed by atoms with Gasteiger partial charge in [0, 0.05) is 24.8 Å². The summed E-state index contributed by atoms with van der Waals surface area (Å²) in [6, 6.07) is 5.48. The van der Waals surface area contributed by atoms with E-state index < -0.39 is 6.04 Å². The third-order valence-corrected chi connectivity index (χ3v) is 5.28. The zero-order valence-corrected chi connectivity index (χ0v) is 15.7. The molecule has 2 atom stereocenters. The Morgan fingerprint density at radius 3 is 2.50 bits per heavy atom. The van der Waals surface area contributed by atoms with Crippen molar-refractivity contribution in [1.29, 1.82) is 0 Å². The van der Waals surface area contributed by atoms with Crippen LogP contribution in [0.25, 0.3) is 0 Å². The molecule has 0 aliphatic carbocycles. The molecule has 1 aliphatic heterocycles. The Labute approximate surface area is 156 Å². The van der Waals surface area contributed by atoms with Crippen molar-refractivity contribution < 1.29 is 18.8 Å². The van der Waals surface area contributed by atoms with Crippen molar-refractivity contribution in [3.05, 3.63) is 35.6 Å². The Balaban J connectivity index is 1.73. The lowest BCUT2D eigenvalue weighted by Gasteiger charge is -2.28. The van der Waals surface area contributed by atoms with Crippen LogP contribution in [0, 0.1) is 11.7 Å². The Kier molecular flexibility index (Phi) is 7.44. The SMILES string of the molecule is CC(C)C(=O)NCCNC(=O)[C@@H]1CS[C@H](Cc2ccc(F)cc2)C(=O)N1. The summed E-state index contributed by atoms with van der Waals surface area (Å²) in [5.41, 5.74) is 0.878. The molecule has 1 saturated heterocycles. The number of nitrogens with one attached hydrogen (secondary N) is 3. The fourth-order valence-corrected chi connectivity index (χ4v) is 3.61. The van der Waals surface area contributed by atoms with E-state index in [0.29, 0.717) is 25.3 Å². The van der Waals surface area contributed by atoms with Crippen LogP contribution in [0.5, 0.6) is 0 Å². The highest BCUT2D eigenvalue weighted by atomic mass is 32.2. The lowest BCUT2D eigenvalue weighted by atomic mass is 10.1. The Hall–Kier alpha value is -2.09. The van der Waals surface area contributed by atoms with Gasteiger partial charge < -0.3 is 16.0 Å². The third kappa shape index (κ3) is 6.01. The van der Waals surface area contributed by atoms with E-state index in [-0.39, 0.29) is 34.7 Å². The van der Waals surface area contributed by atoms with Crippen molar-refractivity contribution >= 4 is 29.5 Å². The third-order valence-electron chi connectivity index (χ3n) is 3.97. The summed E-state index contributed by atoms with van der Waals surface area (Å²) in [5.74, 6) is -0.455. The highest BCUT2D eigenvalue weighted by molar-refractivity contribution is 8.00. The average Bonchev–Trinajstić information content (AvgIpc) is 2.61. The van der Waals surface area contributed by atoms with Crippen molar-refractivity contribution in [2.24, 2.45) is 5.92 Å². The molecule has 2 rings (SSSR count). The van der Waals surface area contributed by atoms with Gasteiger partial charge in [0.2, 0.25) is 17.7 Å². The summed E-state index contributed by atoms with van der Waals surface area (Å²) in [6.45, 7) is 4.26. The second-order valence-corrected chi connectivity index (χ2v) is 7.69. The number of hydrogen-bond acceptors (Lipinski definition) is 4. The zero-order chi connectivity index (χ0) is 19.1. The van der Waals surface area contributed by atoms with Crippen LogP contribution in [0.15, 0.2) is 24.3 Å². The summed E-state index contributed by atoms with van der Waals surface area (Å²) in [6.07, 6.45) is 0.492. The molecule has 6 nitrogen and oxygen atoms in total. The van der Waals surface area contributed by atoms with Crippen LogP contribution >= 0.6 is 11.8 Å². The smallest absolute Gasteiger partial charge is 0.243 e. The van der Waals surface area contributed by atoms with Gasteiger partial charge >= 0.3 is 0 Å². The minimum atomic E-state index is -0.585. The molecule has 26 heavy (non-hydrogen) atoms. The van der Waals surface area contributed by atoms with Gasteiger partial charge in [0.25, 0.3) is 0 Å². The van der Waals surface area contributed by atoms with Gasteiger partial charge in [-0.15, -0.1) is 11.8 Å². The molecule has 0 unspecified atom stereocenters. The molecule has 1 fully saturated rings. The number of carbonyl (C=O) groups is 3. The largest absolute Gasteiger partial charge is 0.354 e. The molecule has 3 amide bonds. The van der Waals surface area contributed by atoms with Gasteiger partial charge in [-0.2, -0.15) is 0 Å². The first-order valence-corrected chi connectivity index (χ1v) is 9.63. The summed E-state index contributed by atoms with van der Waals surface area (Å²) in [5, 5.41) is 7.87. The Morgan fingerprint density at radius 2 is 1.88 bits per heavy atom. The Bertz CT molecular complexity index is 652. The number of hydrogen-bond donors (Lipinski definition) is 3. The molecule has 1 aliphatic rings. The predicted octanol–water partition coefficient (Wildman–Crippen LogP) is 0.857. The number of carbonyl (C=O) groups excluding carboxylic acids is 3. The first-order chi connectivity index (χ1) is 12.4. The zero-order valence-electron chi connectivity index (χ0n) is 14.9. The van der Waals surface area contributed by atoms with E-state index >= 15 is 0 Å². The van der Waals surface area contributed by atoms with Crippen molar-refractivity contribution in [2.45, 2.75) is 31.6 Å². The van der Waals surface area contributed by atoms with Crippen LogP contribution in [-0.2, 0) is 20.8 Å². The van der Waals surface area contributed by atoms with Crippen LogP contribution < -0.4 is 16.0 Å². The van der Waals surface area contributed by atoms with Crippen LogP contribution in [0.2, 0.25) is 0 Å². The van der Waals surface area contributed by atoms with Gasteiger partial charge in [-0.25, -0.2) is 4.39 Å². The van der Waals surface area contributed by atoms with Gasteiger partial charge in [-0.05, 0) is 24.1 Å². The highest BCUT2D eigenvalue weighted by Crippen LogP contribution is 2.22. The maximum atomic E-state index is 12.9. The van der Waals surface area contributed by atoms with Crippen LogP contribution in [-0.4, -0.2) is 47.9 Å². The Morgan fingerprint density at radius 1 is 1.23 bits per heavy atom. The number of benzene rings is 1. The lowest BCUT2D eigenvalue weighted by Crippen LogP contribution is -2.55. The predicted molar refractivity (Wildman–Crippen MR) is 99.1 cm³/mol. The topological polar surface area (TPSA) is 87.3 Å². The molecule has 3 N–H and O–H groups in total. The number of thioether (sulfide) groups is 1. The molecule has 0 saturated carbocycles. The molecule has 0 radical (unpaired) electrons. The number of rotatable bonds is 7. The fourth-order valence-electron chi connectivity index (χ4n) is 2.42. The second-order valence-electron chi connectivity index (χ2n) is 6.45. The van der Waals surface area contributed by atoms with Crippen LogP contribution in [0.4, 0.5) is 4.39 Å². The highest BCUT2D eigenvalue weighted by Gasteiger charge is 2.32. The van der Waals surface area contributed by atoms with Crippen LogP contribution in [0.3, 0.4) is 0 Å². The van der Waals surface area contributed by atoms with E-state index in [1.807, 2.05) is 0 Å². The van der Waals surface area contributed by atoms with Crippen molar-refractivity contribution in [3.8, 4) is 0 Å². The first-order valence-electron chi connectivity index (χ1n) is 8.58. The minimum Gasteiger partial charge on any atom is -0.354 e. The molecule has 1 aromatic carbocycles. The molecule has 142 valence electrons. The van der Waals surface area contributed by atoms with E-state index in [0.717, 1.165) is 5.56 Å². The molecule has 1 aromatic rings. The molecule has 8 heteroatoms. The van der Waals surface area contributed by atoms with Gasteiger partial charge in [0.05, 0.1) is 5.25 Å². The van der Waals surface area contributed by atoms with Gasteiger partial charge in [0.15, 0.2) is 0 Å². The van der Waals surface area contributed by atoms with Crippen molar-refractivity contribution in [2.75, 3.05) is 18.8 Å². The minimum absolute atomic E-state index is 0.0654. The maximum absolute atomic E-state index is 12.9. The van der Waals surface area contributed by atoms with E-state index in [1.54, 1.807) is 26.0 Å². The number of amides is 3. The normalized spacial score (nSPS) is 19.8. The standard InChI is InChI=1S/C18H24FN3O3S/c1-11(2)16(23)20-7-8-21-17(24)14-10-26-15(18(25)22-14)9-12-3-5-13(19)6-4-12/h3-6,11,14-15H,7-10H2,1-2H3,(H,20,23)(H,21,24)(H,22,25)/t14-,15+/m0/s1. The van der Waals surface area contributed by atoms with E-state index in [1.165, 1.54) is 23.9 Å². The van der Waals surface area contributed by atoms with Crippen molar-refractivity contribution in [1.82, 2.24) is 16.0 Å². The number of halogens is 1. The van der Waals surface area contributed by atoms with E-state index in [2.05, 4.69) is 16.0 Å². The average molecular weight is 381 g/mol. The second kappa shape index (κ2) is 9.56. The monoisotopic (exact) mass is 381 g/mol. The lowest BCUT2D eigenvalue weighted by molar-refractivity contribution is -0.128.